The van der Waals surface area contributed by atoms with Crippen molar-refractivity contribution in [2.75, 3.05) is 0 Å². The number of rotatable bonds is 2. The molecule has 0 aliphatic carbocycles. The van der Waals surface area contributed by atoms with Gasteiger partial charge in [-0.1, -0.05) is 12.1 Å². The molecule has 4 aromatic rings. The van der Waals surface area contributed by atoms with E-state index in [0.29, 0.717) is 27.8 Å². The van der Waals surface area contributed by atoms with E-state index in [2.05, 4.69) is 9.97 Å². The van der Waals surface area contributed by atoms with Crippen LogP contribution in [0.5, 0.6) is 5.75 Å². The number of hydrogen-bond donors (Lipinski definition) is 3. The van der Waals surface area contributed by atoms with Crippen LogP contribution in [0, 0.1) is 5.82 Å². The first kappa shape index (κ1) is 14.9. The van der Waals surface area contributed by atoms with Gasteiger partial charge in [-0.15, -0.1) is 0 Å². The first-order valence-electron chi connectivity index (χ1n) is 7.46. The lowest BCUT2D eigenvalue weighted by molar-refractivity contribution is 0.471. The minimum Gasteiger partial charge on any atom is -0.507 e. The molecule has 0 amide bonds. The quantitative estimate of drug-likeness (QED) is 0.525. The van der Waals surface area contributed by atoms with Gasteiger partial charge < -0.3 is 14.7 Å². The Bertz CT molecular complexity index is 1200. The van der Waals surface area contributed by atoms with Crippen molar-refractivity contribution >= 4 is 11.0 Å². The van der Waals surface area contributed by atoms with Gasteiger partial charge in [0.05, 0.1) is 5.52 Å². The van der Waals surface area contributed by atoms with Gasteiger partial charge in [-0.25, -0.2) is 9.18 Å². The highest BCUT2D eigenvalue weighted by Gasteiger charge is 2.10. The average molecular weight is 337 g/mol. The molecule has 25 heavy (non-hydrogen) atoms. The maximum atomic E-state index is 13.1. The van der Waals surface area contributed by atoms with E-state index in [1.165, 1.54) is 12.1 Å². The van der Waals surface area contributed by atoms with Crippen LogP contribution in [0.1, 0.15) is 0 Å². The van der Waals surface area contributed by atoms with E-state index < -0.39 is 17.1 Å². The molecule has 2 heterocycles. The predicted octanol–water partition coefficient (Wildman–Crippen LogP) is 2.52. The molecule has 0 saturated heterocycles. The molecule has 4 rings (SSSR count). The van der Waals surface area contributed by atoms with Gasteiger partial charge in [0.25, 0.3) is 5.56 Å². The maximum absolute atomic E-state index is 13.1. The van der Waals surface area contributed by atoms with Crippen molar-refractivity contribution in [1.82, 2.24) is 14.5 Å². The first-order chi connectivity index (χ1) is 12.0. The van der Waals surface area contributed by atoms with Gasteiger partial charge in [0, 0.05) is 23.5 Å². The summed E-state index contributed by atoms with van der Waals surface area (Å²) in [5.74, 6) is -0.655. The number of aromatic nitrogens is 3. The number of nitrogens with zero attached hydrogens (tertiary/aromatic N) is 1. The zero-order chi connectivity index (χ0) is 17.6. The summed E-state index contributed by atoms with van der Waals surface area (Å²) >= 11 is 0. The summed E-state index contributed by atoms with van der Waals surface area (Å²) in [5.41, 5.74) is 1.65. The number of aromatic amines is 2. The summed E-state index contributed by atoms with van der Waals surface area (Å²) < 4.78 is 14.8. The van der Waals surface area contributed by atoms with Crippen LogP contribution in [0.15, 0.2) is 64.3 Å². The molecule has 0 aliphatic heterocycles. The highest BCUT2D eigenvalue weighted by molar-refractivity contribution is 5.77. The topological polar surface area (TPSA) is 90.9 Å². The zero-order valence-corrected chi connectivity index (χ0v) is 12.8. The SMILES string of the molecule is O=c1[nH]c(=O)c2c(ccn2-c2ccc(-c3ccc(F)cc3O)cc2)[nH]1. The minimum absolute atomic E-state index is 0.145. The number of benzene rings is 2. The number of halogens is 1. The molecular formula is C18H12FN3O3. The number of phenolic OH excluding ortho intramolecular Hbond substituents is 1. The minimum atomic E-state index is -0.558. The Morgan fingerprint density at radius 3 is 2.44 bits per heavy atom. The van der Waals surface area contributed by atoms with Crippen LogP contribution in [-0.4, -0.2) is 19.6 Å². The first-order valence-corrected chi connectivity index (χ1v) is 7.46. The highest BCUT2D eigenvalue weighted by Crippen LogP contribution is 2.30. The Morgan fingerprint density at radius 1 is 0.960 bits per heavy atom. The largest absolute Gasteiger partial charge is 0.507 e. The predicted molar refractivity (Wildman–Crippen MR) is 91.6 cm³/mol. The summed E-state index contributed by atoms with van der Waals surface area (Å²) in [6.45, 7) is 0. The Hall–Kier alpha value is -3.61. The van der Waals surface area contributed by atoms with Crippen LogP contribution >= 0.6 is 0 Å². The van der Waals surface area contributed by atoms with Crippen molar-refractivity contribution in [1.29, 1.82) is 0 Å². The molecule has 7 heteroatoms. The van der Waals surface area contributed by atoms with Crippen molar-refractivity contribution in [3.05, 3.63) is 81.4 Å². The second-order valence-corrected chi connectivity index (χ2v) is 5.56. The van der Waals surface area contributed by atoms with Crippen molar-refractivity contribution in [2.24, 2.45) is 0 Å². The molecule has 0 saturated carbocycles. The summed E-state index contributed by atoms with van der Waals surface area (Å²) in [6.07, 6.45) is 1.68. The smallest absolute Gasteiger partial charge is 0.326 e. The number of nitrogens with one attached hydrogen (secondary N) is 2. The number of hydrogen-bond acceptors (Lipinski definition) is 3. The number of phenols is 1. The zero-order valence-electron chi connectivity index (χ0n) is 12.8. The van der Waals surface area contributed by atoms with Crippen molar-refractivity contribution in [2.45, 2.75) is 0 Å². The van der Waals surface area contributed by atoms with Gasteiger partial charge >= 0.3 is 5.69 Å². The Balaban J connectivity index is 1.81. The fourth-order valence-corrected chi connectivity index (χ4v) is 2.85. The van der Waals surface area contributed by atoms with Crippen LogP contribution in [0.2, 0.25) is 0 Å². The Labute approximate surface area is 139 Å². The van der Waals surface area contributed by atoms with Crippen molar-refractivity contribution in [3.63, 3.8) is 0 Å². The summed E-state index contributed by atoms with van der Waals surface area (Å²) in [6, 6.07) is 12.5. The van der Waals surface area contributed by atoms with Gasteiger partial charge in [-0.05, 0) is 35.9 Å². The number of fused-ring (bicyclic) bond motifs is 1. The van der Waals surface area contributed by atoms with E-state index in [1.54, 1.807) is 41.1 Å². The number of H-pyrrole nitrogens is 2. The van der Waals surface area contributed by atoms with E-state index in [-0.39, 0.29) is 5.75 Å². The molecule has 0 atom stereocenters. The molecule has 0 spiro atoms. The van der Waals surface area contributed by atoms with Crippen LogP contribution in [-0.2, 0) is 0 Å². The lowest BCUT2D eigenvalue weighted by Crippen LogP contribution is -2.22. The standard InChI is InChI=1S/C18H12FN3O3/c19-11-3-6-13(15(23)9-11)10-1-4-12(5-2-10)22-8-7-14-16(22)17(24)21-18(25)20-14/h1-9,23H,(H2,20,21,24,25). The molecule has 0 unspecified atom stereocenters. The van der Waals surface area contributed by atoms with Crippen LogP contribution in [0.25, 0.3) is 27.8 Å². The molecule has 3 N–H and O–H groups in total. The fourth-order valence-electron chi connectivity index (χ4n) is 2.85. The number of aromatic hydroxyl groups is 1. The van der Waals surface area contributed by atoms with Gasteiger partial charge in [-0.3, -0.25) is 9.78 Å². The third kappa shape index (κ3) is 2.51. The van der Waals surface area contributed by atoms with E-state index in [9.17, 15) is 19.1 Å². The molecule has 2 aromatic carbocycles. The van der Waals surface area contributed by atoms with E-state index in [1.807, 2.05) is 0 Å². The second-order valence-electron chi connectivity index (χ2n) is 5.56. The third-order valence-corrected chi connectivity index (χ3v) is 3.99. The fraction of sp³-hybridized carbons (Fsp3) is 0. The lowest BCUT2D eigenvalue weighted by Gasteiger charge is -2.08. The maximum Gasteiger partial charge on any atom is 0.326 e. The Kier molecular flexibility index (Phi) is 3.28. The molecule has 2 aromatic heterocycles. The average Bonchev–Trinajstić information content (AvgIpc) is 2.99. The van der Waals surface area contributed by atoms with Gasteiger partial charge in [-0.2, -0.15) is 0 Å². The molecule has 124 valence electrons. The van der Waals surface area contributed by atoms with Crippen molar-refractivity contribution < 1.29 is 9.50 Å². The molecule has 0 aliphatic rings. The van der Waals surface area contributed by atoms with Crippen LogP contribution in [0.4, 0.5) is 4.39 Å². The van der Waals surface area contributed by atoms with Crippen LogP contribution < -0.4 is 11.2 Å². The summed E-state index contributed by atoms with van der Waals surface area (Å²) in [5, 5.41) is 9.88. The second kappa shape index (κ2) is 5.48. The van der Waals surface area contributed by atoms with E-state index in [0.717, 1.165) is 6.07 Å². The molecule has 0 bridgehead atoms. The lowest BCUT2D eigenvalue weighted by atomic mass is 10.0. The van der Waals surface area contributed by atoms with Crippen molar-refractivity contribution in [3.8, 4) is 22.6 Å². The highest BCUT2D eigenvalue weighted by atomic mass is 19.1. The normalized spacial score (nSPS) is 11.1. The summed E-state index contributed by atoms with van der Waals surface area (Å²) in [4.78, 5) is 28.2. The van der Waals surface area contributed by atoms with E-state index >= 15 is 0 Å². The van der Waals surface area contributed by atoms with Gasteiger partial charge in [0.2, 0.25) is 0 Å². The molecule has 6 nitrogen and oxygen atoms in total. The van der Waals surface area contributed by atoms with Crippen LogP contribution in [0.3, 0.4) is 0 Å². The van der Waals surface area contributed by atoms with Gasteiger partial charge in [0.15, 0.2) is 0 Å². The summed E-state index contributed by atoms with van der Waals surface area (Å²) in [7, 11) is 0. The molecule has 0 fully saturated rings. The monoisotopic (exact) mass is 337 g/mol. The third-order valence-electron chi connectivity index (χ3n) is 3.99. The molecule has 0 radical (unpaired) electrons. The van der Waals surface area contributed by atoms with E-state index in [4.69, 9.17) is 0 Å². The van der Waals surface area contributed by atoms with Gasteiger partial charge in [0.1, 0.15) is 17.1 Å². The molecular weight excluding hydrogens is 325 g/mol. The Morgan fingerprint density at radius 2 is 1.72 bits per heavy atom.